The van der Waals surface area contributed by atoms with Gasteiger partial charge in [0.25, 0.3) is 15.9 Å². The zero-order valence-corrected chi connectivity index (χ0v) is 16.9. The van der Waals surface area contributed by atoms with E-state index in [1.807, 2.05) is 0 Å². The molecule has 0 aliphatic carbocycles. The maximum absolute atomic E-state index is 13.2. The molecule has 1 atom stereocenters. The van der Waals surface area contributed by atoms with Crippen molar-refractivity contribution in [3.8, 4) is 0 Å². The lowest BCUT2D eigenvalue weighted by atomic mass is 9.98. The topological polar surface area (TPSA) is 139 Å². The number of aromatic nitrogens is 2. The van der Waals surface area contributed by atoms with E-state index in [0.717, 1.165) is 18.7 Å². The highest BCUT2D eigenvalue weighted by atomic mass is 32.2. The lowest BCUT2D eigenvalue weighted by Crippen LogP contribution is -2.38. The van der Waals surface area contributed by atoms with Crippen molar-refractivity contribution in [2.75, 3.05) is 29.9 Å². The van der Waals surface area contributed by atoms with E-state index < -0.39 is 32.7 Å². The molecule has 0 unspecified atom stereocenters. The number of sulfonamides is 1. The molecule has 1 amide bonds. The summed E-state index contributed by atoms with van der Waals surface area (Å²) in [6.07, 6.45) is -1.54. The summed E-state index contributed by atoms with van der Waals surface area (Å²) >= 11 is 0. The standard InChI is InChI=1S/C18H20F3N5O4S/c19-18(20,21)12-6-14(16(24-8-12)26-5-1-2-11(9-26)10-27)17(28)25-13-3-4-23-15(7-13)31(22,29)30/h3-4,6-8,11,27H,1-2,5,9-10H2,(H2,22,29,30)(H,23,25,28)/t11-/m0/s1. The molecule has 1 aliphatic rings. The van der Waals surface area contributed by atoms with E-state index in [4.69, 9.17) is 5.14 Å². The van der Waals surface area contributed by atoms with Crippen molar-refractivity contribution in [2.24, 2.45) is 11.1 Å². The number of alkyl halides is 3. The number of nitrogens with one attached hydrogen (secondary N) is 1. The predicted molar refractivity (Wildman–Crippen MR) is 105 cm³/mol. The minimum atomic E-state index is -4.71. The van der Waals surface area contributed by atoms with Gasteiger partial charge in [0.2, 0.25) is 0 Å². The largest absolute Gasteiger partial charge is 0.417 e. The molecule has 0 saturated carbocycles. The summed E-state index contributed by atoms with van der Waals surface area (Å²) in [5, 5.41) is 16.3. The number of hydrogen-bond donors (Lipinski definition) is 3. The third-order valence-corrected chi connectivity index (χ3v) is 5.61. The van der Waals surface area contributed by atoms with Crippen LogP contribution < -0.4 is 15.4 Å². The Kier molecular flexibility index (Phi) is 6.48. The first-order chi connectivity index (χ1) is 14.5. The summed E-state index contributed by atoms with van der Waals surface area (Å²) in [6.45, 7) is 0.700. The van der Waals surface area contributed by atoms with Crippen LogP contribution in [0.5, 0.6) is 0 Å². The van der Waals surface area contributed by atoms with Gasteiger partial charge in [0.05, 0.1) is 11.1 Å². The number of pyridine rings is 2. The van der Waals surface area contributed by atoms with Crippen molar-refractivity contribution in [2.45, 2.75) is 24.0 Å². The van der Waals surface area contributed by atoms with Crippen molar-refractivity contribution in [3.63, 3.8) is 0 Å². The second-order valence-corrected chi connectivity index (χ2v) is 8.62. The Hall–Kier alpha value is -2.77. The third-order valence-electron chi connectivity index (χ3n) is 4.80. The summed E-state index contributed by atoms with van der Waals surface area (Å²) in [7, 11) is -4.14. The van der Waals surface area contributed by atoms with Crippen LogP contribution in [0.25, 0.3) is 0 Å². The van der Waals surface area contributed by atoms with E-state index in [2.05, 4.69) is 15.3 Å². The molecule has 0 aromatic carbocycles. The van der Waals surface area contributed by atoms with Gasteiger partial charge in [-0.25, -0.2) is 23.5 Å². The summed E-state index contributed by atoms with van der Waals surface area (Å²) < 4.78 is 62.6. The number of aliphatic hydroxyl groups is 1. The summed E-state index contributed by atoms with van der Waals surface area (Å²) in [4.78, 5) is 22.0. The molecule has 31 heavy (non-hydrogen) atoms. The maximum atomic E-state index is 13.2. The number of rotatable bonds is 5. The van der Waals surface area contributed by atoms with Crippen LogP contribution in [0.4, 0.5) is 24.7 Å². The zero-order chi connectivity index (χ0) is 22.8. The van der Waals surface area contributed by atoms with E-state index >= 15 is 0 Å². The fraction of sp³-hybridized carbons (Fsp3) is 0.389. The van der Waals surface area contributed by atoms with Crippen molar-refractivity contribution in [3.05, 3.63) is 41.7 Å². The monoisotopic (exact) mass is 459 g/mol. The van der Waals surface area contributed by atoms with Crippen LogP contribution in [0, 0.1) is 5.92 Å². The number of primary sulfonamides is 1. The van der Waals surface area contributed by atoms with Crippen LogP contribution in [0.15, 0.2) is 35.6 Å². The zero-order valence-electron chi connectivity index (χ0n) is 16.1. The van der Waals surface area contributed by atoms with Crippen LogP contribution in [-0.4, -0.2) is 49.1 Å². The highest BCUT2D eigenvalue weighted by Crippen LogP contribution is 2.33. The normalized spacial score (nSPS) is 17.5. The van der Waals surface area contributed by atoms with E-state index in [1.54, 1.807) is 4.90 Å². The average molecular weight is 459 g/mol. The molecular weight excluding hydrogens is 439 g/mol. The quantitative estimate of drug-likeness (QED) is 0.617. The van der Waals surface area contributed by atoms with Crippen LogP contribution in [0.1, 0.15) is 28.8 Å². The SMILES string of the molecule is NS(=O)(=O)c1cc(NC(=O)c2cc(C(F)(F)F)cnc2N2CCC[C@H](CO)C2)ccn1. The molecule has 2 aromatic heterocycles. The van der Waals surface area contributed by atoms with Gasteiger partial charge in [0.1, 0.15) is 5.82 Å². The third kappa shape index (κ3) is 5.48. The molecule has 0 radical (unpaired) electrons. The van der Waals surface area contributed by atoms with Crippen LogP contribution in [0.2, 0.25) is 0 Å². The number of anilines is 2. The molecule has 2 aromatic rings. The van der Waals surface area contributed by atoms with Gasteiger partial charge in [-0.1, -0.05) is 0 Å². The predicted octanol–water partition coefficient (Wildman–Crippen LogP) is 1.60. The summed E-state index contributed by atoms with van der Waals surface area (Å²) in [5.74, 6) is -0.957. The van der Waals surface area contributed by atoms with E-state index in [-0.39, 0.29) is 29.6 Å². The molecule has 4 N–H and O–H groups in total. The highest BCUT2D eigenvalue weighted by Gasteiger charge is 2.34. The highest BCUT2D eigenvalue weighted by molar-refractivity contribution is 7.89. The fourth-order valence-electron chi connectivity index (χ4n) is 3.28. The lowest BCUT2D eigenvalue weighted by molar-refractivity contribution is -0.137. The van der Waals surface area contributed by atoms with Gasteiger partial charge in [-0.3, -0.25) is 4.79 Å². The van der Waals surface area contributed by atoms with Crippen LogP contribution in [0.3, 0.4) is 0 Å². The number of hydrogen-bond acceptors (Lipinski definition) is 7. The number of piperidine rings is 1. The number of carbonyl (C=O) groups excluding carboxylic acids is 1. The maximum Gasteiger partial charge on any atom is 0.417 e. The molecule has 1 fully saturated rings. The molecule has 1 aliphatic heterocycles. The van der Waals surface area contributed by atoms with Crippen molar-refractivity contribution < 1.29 is 31.5 Å². The Labute approximate surface area is 176 Å². The fourth-order valence-corrected chi connectivity index (χ4v) is 3.78. The van der Waals surface area contributed by atoms with Crippen LogP contribution in [-0.2, 0) is 16.2 Å². The molecule has 3 heterocycles. The molecule has 0 spiro atoms. The smallest absolute Gasteiger partial charge is 0.396 e. The Morgan fingerprint density at radius 1 is 1.32 bits per heavy atom. The number of nitrogens with zero attached hydrogens (tertiary/aromatic N) is 3. The van der Waals surface area contributed by atoms with Gasteiger partial charge in [-0.2, -0.15) is 13.2 Å². The van der Waals surface area contributed by atoms with E-state index in [9.17, 15) is 31.5 Å². The molecular formula is C18H20F3N5O4S. The summed E-state index contributed by atoms with van der Waals surface area (Å²) in [6, 6.07) is 2.97. The van der Waals surface area contributed by atoms with Crippen molar-refractivity contribution in [1.29, 1.82) is 0 Å². The van der Waals surface area contributed by atoms with Crippen molar-refractivity contribution in [1.82, 2.24) is 9.97 Å². The second kappa shape index (κ2) is 8.77. The first-order valence-corrected chi connectivity index (χ1v) is 10.8. The molecule has 3 rings (SSSR count). The number of aliphatic hydroxyl groups excluding tert-OH is 1. The minimum absolute atomic E-state index is 0.0146. The molecule has 1 saturated heterocycles. The second-order valence-electron chi connectivity index (χ2n) is 7.11. The number of carbonyl (C=O) groups is 1. The van der Waals surface area contributed by atoms with Gasteiger partial charge in [-0.05, 0) is 30.9 Å². The van der Waals surface area contributed by atoms with Gasteiger partial charge >= 0.3 is 6.18 Å². The van der Waals surface area contributed by atoms with Gasteiger partial charge in [0.15, 0.2) is 5.03 Å². The first-order valence-electron chi connectivity index (χ1n) is 9.22. The Bertz CT molecular complexity index is 1080. The molecule has 9 nitrogen and oxygen atoms in total. The number of halogens is 3. The first kappa shape index (κ1) is 22.9. The number of amides is 1. The molecule has 13 heteroatoms. The number of nitrogens with two attached hydrogens (primary N) is 1. The van der Waals surface area contributed by atoms with Gasteiger partial charge in [0, 0.05) is 43.8 Å². The van der Waals surface area contributed by atoms with Crippen molar-refractivity contribution >= 4 is 27.4 Å². The minimum Gasteiger partial charge on any atom is -0.396 e. The Morgan fingerprint density at radius 3 is 2.71 bits per heavy atom. The Morgan fingerprint density at radius 2 is 2.06 bits per heavy atom. The molecule has 0 bridgehead atoms. The van der Waals surface area contributed by atoms with Gasteiger partial charge in [-0.15, -0.1) is 0 Å². The van der Waals surface area contributed by atoms with Crippen LogP contribution >= 0.6 is 0 Å². The lowest BCUT2D eigenvalue weighted by Gasteiger charge is -2.33. The summed E-state index contributed by atoms with van der Waals surface area (Å²) in [5.41, 5.74) is -1.45. The van der Waals surface area contributed by atoms with E-state index in [1.165, 1.54) is 6.07 Å². The van der Waals surface area contributed by atoms with E-state index in [0.29, 0.717) is 31.8 Å². The average Bonchev–Trinajstić information content (AvgIpc) is 2.72. The molecule has 168 valence electrons. The Balaban J connectivity index is 1.98. The van der Waals surface area contributed by atoms with Gasteiger partial charge < -0.3 is 15.3 Å².